The Hall–Kier alpha value is -1.20. The van der Waals surface area contributed by atoms with Gasteiger partial charge in [0.15, 0.2) is 0 Å². The molecule has 2 heterocycles. The van der Waals surface area contributed by atoms with E-state index in [2.05, 4.69) is 0 Å². The van der Waals surface area contributed by atoms with Crippen molar-refractivity contribution in [3.63, 3.8) is 0 Å². The second kappa shape index (κ2) is 5.89. The maximum Gasteiger partial charge on any atom is 0.339 e. The Bertz CT molecular complexity index is 537. The standard InChI is InChI=1S/C16H20O4S/c1-11-2-3-13(15(17)18)14(8-11)20-12-4-6-19-16(9-12)5-7-21-10-16/h2-3,8,12H,4-7,9-10H2,1H3,(H,17,18). The van der Waals surface area contributed by atoms with Gasteiger partial charge in [-0.05, 0) is 36.8 Å². The van der Waals surface area contributed by atoms with Crippen molar-refractivity contribution >= 4 is 17.7 Å². The van der Waals surface area contributed by atoms with Crippen LogP contribution in [0.15, 0.2) is 18.2 Å². The molecular weight excluding hydrogens is 288 g/mol. The average molecular weight is 308 g/mol. The Morgan fingerprint density at radius 1 is 1.52 bits per heavy atom. The van der Waals surface area contributed by atoms with Gasteiger partial charge in [0.05, 0.1) is 12.2 Å². The van der Waals surface area contributed by atoms with Crippen molar-refractivity contribution in [3.05, 3.63) is 29.3 Å². The van der Waals surface area contributed by atoms with Crippen molar-refractivity contribution in [2.45, 2.75) is 37.9 Å². The first-order chi connectivity index (χ1) is 10.1. The van der Waals surface area contributed by atoms with E-state index in [1.807, 2.05) is 24.8 Å². The molecule has 2 aliphatic heterocycles. The number of carboxylic acid groups (broad SMARTS) is 1. The second-order valence-corrected chi connectivity index (χ2v) is 6.98. The molecule has 114 valence electrons. The number of carboxylic acids is 1. The van der Waals surface area contributed by atoms with Crippen molar-refractivity contribution in [1.29, 1.82) is 0 Å². The molecule has 21 heavy (non-hydrogen) atoms. The van der Waals surface area contributed by atoms with Crippen molar-refractivity contribution in [2.75, 3.05) is 18.1 Å². The number of hydrogen-bond acceptors (Lipinski definition) is 4. The Morgan fingerprint density at radius 2 is 2.38 bits per heavy atom. The third kappa shape index (κ3) is 3.19. The quantitative estimate of drug-likeness (QED) is 0.929. The van der Waals surface area contributed by atoms with Gasteiger partial charge in [-0.1, -0.05) is 6.07 Å². The van der Waals surface area contributed by atoms with Crippen LogP contribution in [0.3, 0.4) is 0 Å². The minimum absolute atomic E-state index is 0.0392. The maximum atomic E-state index is 11.3. The molecule has 0 amide bonds. The molecule has 2 atom stereocenters. The monoisotopic (exact) mass is 308 g/mol. The normalized spacial score (nSPS) is 28.7. The first-order valence-electron chi connectivity index (χ1n) is 7.30. The molecule has 0 radical (unpaired) electrons. The minimum Gasteiger partial charge on any atom is -0.489 e. The molecule has 1 aromatic rings. The van der Waals surface area contributed by atoms with Gasteiger partial charge in [-0.2, -0.15) is 11.8 Å². The van der Waals surface area contributed by atoms with E-state index in [9.17, 15) is 9.90 Å². The summed E-state index contributed by atoms with van der Waals surface area (Å²) in [6.45, 7) is 2.64. The van der Waals surface area contributed by atoms with E-state index >= 15 is 0 Å². The number of ether oxygens (including phenoxy) is 2. The van der Waals surface area contributed by atoms with Crippen LogP contribution in [-0.4, -0.2) is 40.9 Å². The molecule has 5 heteroatoms. The SMILES string of the molecule is Cc1ccc(C(=O)O)c(OC2CCOC3(CCSC3)C2)c1. The van der Waals surface area contributed by atoms with Crippen LogP contribution in [0.5, 0.6) is 5.75 Å². The van der Waals surface area contributed by atoms with Crippen LogP contribution in [-0.2, 0) is 4.74 Å². The molecule has 0 saturated carbocycles. The summed E-state index contributed by atoms with van der Waals surface area (Å²) in [6, 6.07) is 5.23. The third-order valence-electron chi connectivity index (χ3n) is 4.18. The van der Waals surface area contributed by atoms with E-state index in [1.165, 1.54) is 0 Å². The van der Waals surface area contributed by atoms with Crippen LogP contribution >= 0.6 is 11.8 Å². The number of aryl methyl sites for hydroxylation is 1. The van der Waals surface area contributed by atoms with Gasteiger partial charge in [0.1, 0.15) is 17.4 Å². The summed E-state index contributed by atoms with van der Waals surface area (Å²) >= 11 is 1.92. The topological polar surface area (TPSA) is 55.8 Å². The van der Waals surface area contributed by atoms with E-state index in [4.69, 9.17) is 9.47 Å². The molecule has 0 aliphatic carbocycles. The number of rotatable bonds is 3. The van der Waals surface area contributed by atoms with E-state index in [0.717, 1.165) is 36.3 Å². The lowest BCUT2D eigenvalue weighted by atomic mass is 9.91. The molecule has 0 aromatic heterocycles. The van der Waals surface area contributed by atoms with E-state index in [-0.39, 0.29) is 17.3 Å². The summed E-state index contributed by atoms with van der Waals surface area (Å²) in [7, 11) is 0. The molecule has 2 saturated heterocycles. The molecule has 4 nitrogen and oxygen atoms in total. The molecule has 1 spiro atoms. The van der Waals surface area contributed by atoms with Crippen LogP contribution in [0.25, 0.3) is 0 Å². The van der Waals surface area contributed by atoms with Gasteiger partial charge in [0, 0.05) is 18.6 Å². The van der Waals surface area contributed by atoms with E-state index in [0.29, 0.717) is 12.4 Å². The highest BCUT2D eigenvalue weighted by Gasteiger charge is 2.41. The highest BCUT2D eigenvalue weighted by Crippen LogP contribution is 2.39. The number of aromatic carboxylic acids is 1. The summed E-state index contributed by atoms with van der Waals surface area (Å²) in [5, 5.41) is 9.28. The summed E-state index contributed by atoms with van der Waals surface area (Å²) in [4.78, 5) is 11.3. The van der Waals surface area contributed by atoms with Gasteiger partial charge in [-0.15, -0.1) is 0 Å². The van der Waals surface area contributed by atoms with Crippen LogP contribution in [0.1, 0.15) is 35.2 Å². The predicted octanol–water partition coefficient (Wildman–Crippen LogP) is 3.13. The van der Waals surface area contributed by atoms with Crippen LogP contribution in [0, 0.1) is 6.92 Å². The van der Waals surface area contributed by atoms with Crippen molar-refractivity contribution in [1.82, 2.24) is 0 Å². The van der Waals surface area contributed by atoms with Crippen LogP contribution in [0.2, 0.25) is 0 Å². The lowest BCUT2D eigenvalue weighted by Gasteiger charge is -2.37. The largest absolute Gasteiger partial charge is 0.489 e. The molecule has 3 rings (SSSR count). The molecule has 1 N–H and O–H groups in total. The molecule has 2 unspecified atom stereocenters. The number of benzene rings is 1. The summed E-state index contributed by atoms with van der Waals surface area (Å²) in [5.41, 5.74) is 1.19. The smallest absolute Gasteiger partial charge is 0.339 e. The van der Waals surface area contributed by atoms with Gasteiger partial charge in [-0.3, -0.25) is 0 Å². The second-order valence-electron chi connectivity index (χ2n) is 5.87. The van der Waals surface area contributed by atoms with Crippen molar-refractivity contribution in [3.8, 4) is 5.75 Å². The third-order valence-corrected chi connectivity index (χ3v) is 5.40. The first kappa shape index (κ1) is 14.7. The van der Waals surface area contributed by atoms with Crippen molar-refractivity contribution < 1.29 is 19.4 Å². The lowest BCUT2D eigenvalue weighted by molar-refractivity contribution is -0.0959. The molecule has 2 fully saturated rings. The number of thioether (sulfide) groups is 1. The zero-order chi connectivity index (χ0) is 14.9. The molecule has 0 bridgehead atoms. The van der Waals surface area contributed by atoms with Gasteiger partial charge < -0.3 is 14.6 Å². The Labute approximate surface area is 128 Å². The Balaban J connectivity index is 1.77. The fourth-order valence-corrected chi connectivity index (χ4v) is 4.41. The highest BCUT2D eigenvalue weighted by atomic mass is 32.2. The fourth-order valence-electron chi connectivity index (χ4n) is 3.03. The predicted molar refractivity (Wildman–Crippen MR) is 82.4 cm³/mol. The Kier molecular flexibility index (Phi) is 4.13. The summed E-state index contributed by atoms with van der Waals surface area (Å²) < 4.78 is 12.0. The van der Waals surface area contributed by atoms with Gasteiger partial charge >= 0.3 is 5.97 Å². The minimum atomic E-state index is -0.941. The van der Waals surface area contributed by atoms with E-state index in [1.54, 1.807) is 12.1 Å². The van der Waals surface area contributed by atoms with Crippen molar-refractivity contribution in [2.24, 2.45) is 0 Å². The first-order valence-corrected chi connectivity index (χ1v) is 8.46. The van der Waals surface area contributed by atoms with Crippen LogP contribution in [0.4, 0.5) is 0 Å². The zero-order valence-corrected chi connectivity index (χ0v) is 12.9. The van der Waals surface area contributed by atoms with Gasteiger partial charge in [-0.25, -0.2) is 4.79 Å². The van der Waals surface area contributed by atoms with Crippen LogP contribution < -0.4 is 4.74 Å². The number of hydrogen-bond donors (Lipinski definition) is 1. The van der Waals surface area contributed by atoms with E-state index < -0.39 is 5.97 Å². The maximum absolute atomic E-state index is 11.3. The average Bonchev–Trinajstić information content (AvgIpc) is 2.86. The lowest BCUT2D eigenvalue weighted by Crippen LogP contribution is -2.44. The van der Waals surface area contributed by atoms with Gasteiger partial charge in [0.25, 0.3) is 0 Å². The summed E-state index contributed by atoms with van der Waals surface area (Å²) in [6.07, 6.45) is 2.78. The molecule has 2 aliphatic rings. The Morgan fingerprint density at radius 3 is 3.10 bits per heavy atom. The molecule has 1 aromatic carbocycles. The zero-order valence-electron chi connectivity index (χ0n) is 12.1. The fraction of sp³-hybridized carbons (Fsp3) is 0.562. The number of carbonyl (C=O) groups is 1. The highest BCUT2D eigenvalue weighted by molar-refractivity contribution is 7.99. The molecular formula is C16H20O4S. The summed E-state index contributed by atoms with van der Waals surface area (Å²) in [5.74, 6) is 1.70. The van der Waals surface area contributed by atoms with Gasteiger partial charge in [0.2, 0.25) is 0 Å².